The second-order valence-electron chi connectivity index (χ2n) is 6.01. The summed E-state index contributed by atoms with van der Waals surface area (Å²) in [6.45, 7) is 14.4. The highest BCUT2D eigenvalue weighted by molar-refractivity contribution is 4.76. The third-order valence-corrected chi connectivity index (χ3v) is 4.05. The van der Waals surface area contributed by atoms with Crippen molar-refractivity contribution < 1.29 is 0 Å². The molecule has 0 aliphatic carbocycles. The van der Waals surface area contributed by atoms with E-state index in [1.165, 1.54) is 51.9 Å². The van der Waals surface area contributed by atoms with Crippen LogP contribution in [-0.2, 0) is 0 Å². The van der Waals surface area contributed by atoms with Crippen LogP contribution in [0, 0.1) is 11.8 Å². The lowest BCUT2D eigenvalue weighted by Gasteiger charge is -2.32. The summed E-state index contributed by atoms with van der Waals surface area (Å²) in [5, 5.41) is 3.48. The predicted molar refractivity (Wildman–Crippen MR) is 76.4 cm³/mol. The van der Waals surface area contributed by atoms with Crippen LogP contribution in [0.25, 0.3) is 0 Å². The van der Waals surface area contributed by atoms with Gasteiger partial charge in [-0.25, -0.2) is 0 Å². The highest BCUT2D eigenvalue weighted by Crippen LogP contribution is 2.17. The molecule has 1 aliphatic rings. The summed E-state index contributed by atoms with van der Waals surface area (Å²) < 4.78 is 0. The standard InChI is InChI=1S/C15H32N2/c1-5-15(6-2)17(12-13(3)4)10-8-14-7-9-16-11-14/h13-16H,5-12H2,1-4H3. The van der Waals surface area contributed by atoms with E-state index in [1.807, 2.05) is 0 Å². The van der Waals surface area contributed by atoms with Crippen molar-refractivity contribution >= 4 is 0 Å². The van der Waals surface area contributed by atoms with E-state index in [0.717, 1.165) is 17.9 Å². The van der Waals surface area contributed by atoms with Gasteiger partial charge in [0, 0.05) is 12.6 Å². The molecule has 1 saturated heterocycles. The first-order valence-corrected chi connectivity index (χ1v) is 7.62. The van der Waals surface area contributed by atoms with Gasteiger partial charge < -0.3 is 10.2 Å². The summed E-state index contributed by atoms with van der Waals surface area (Å²) in [5.41, 5.74) is 0. The molecule has 0 bridgehead atoms. The first-order valence-electron chi connectivity index (χ1n) is 7.62. The van der Waals surface area contributed by atoms with Crippen LogP contribution >= 0.6 is 0 Å². The molecule has 0 spiro atoms. The first-order chi connectivity index (χ1) is 8.17. The van der Waals surface area contributed by atoms with E-state index in [2.05, 4.69) is 37.9 Å². The molecule has 0 aromatic rings. The monoisotopic (exact) mass is 240 g/mol. The van der Waals surface area contributed by atoms with Crippen molar-refractivity contribution in [3.8, 4) is 0 Å². The molecule has 0 aromatic heterocycles. The maximum Gasteiger partial charge on any atom is 0.00901 e. The molecular formula is C15H32N2. The van der Waals surface area contributed by atoms with Gasteiger partial charge in [-0.1, -0.05) is 27.7 Å². The van der Waals surface area contributed by atoms with Gasteiger partial charge in [0.25, 0.3) is 0 Å². The van der Waals surface area contributed by atoms with Crippen LogP contribution in [0.4, 0.5) is 0 Å². The molecule has 1 fully saturated rings. The molecule has 2 heteroatoms. The fourth-order valence-electron chi connectivity index (χ4n) is 3.01. The Morgan fingerprint density at radius 1 is 1.24 bits per heavy atom. The van der Waals surface area contributed by atoms with Gasteiger partial charge in [0.2, 0.25) is 0 Å². The van der Waals surface area contributed by atoms with Gasteiger partial charge in [-0.05, 0) is 57.2 Å². The molecule has 1 rings (SSSR count). The Bertz CT molecular complexity index is 181. The Morgan fingerprint density at radius 2 is 1.94 bits per heavy atom. The molecule has 0 amide bonds. The fraction of sp³-hybridized carbons (Fsp3) is 1.00. The fourth-order valence-corrected chi connectivity index (χ4v) is 3.01. The van der Waals surface area contributed by atoms with Crippen LogP contribution in [0.5, 0.6) is 0 Å². The van der Waals surface area contributed by atoms with Gasteiger partial charge in [0.1, 0.15) is 0 Å². The van der Waals surface area contributed by atoms with Crippen molar-refractivity contribution in [1.82, 2.24) is 10.2 Å². The molecule has 17 heavy (non-hydrogen) atoms. The predicted octanol–water partition coefficient (Wildman–Crippen LogP) is 3.13. The van der Waals surface area contributed by atoms with Crippen LogP contribution in [0.15, 0.2) is 0 Å². The molecule has 1 N–H and O–H groups in total. The van der Waals surface area contributed by atoms with E-state index in [1.54, 1.807) is 0 Å². The van der Waals surface area contributed by atoms with Gasteiger partial charge in [-0.2, -0.15) is 0 Å². The largest absolute Gasteiger partial charge is 0.316 e. The Balaban J connectivity index is 2.38. The van der Waals surface area contributed by atoms with Gasteiger partial charge in [-0.3, -0.25) is 0 Å². The zero-order valence-electron chi connectivity index (χ0n) is 12.3. The van der Waals surface area contributed by atoms with E-state index < -0.39 is 0 Å². The molecule has 102 valence electrons. The Hall–Kier alpha value is -0.0800. The van der Waals surface area contributed by atoms with Crippen molar-refractivity contribution in [2.75, 3.05) is 26.2 Å². The quantitative estimate of drug-likeness (QED) is 0.701. The van der Waals surface area contributed by atoms with Crippen molar-refractivity contribution in [3.05, 3.63) is 0 Å². The summed E-state index contributed by atoms with van der Waals surface area (Å²) in [5.74, 6) is 1.72. The molecule has 1 unspecified atom stereocenters. The maximum atomic E-state index is 3.48. The Labute approximate surface area is 108 Å². The van der Waals surface area contributed by atoms with Crippen molar-refractivity contribution in [2.45, 2.75) is 59.4 Å². The average molecular weight is 240 g/mol. The summed E-state index contributed by atoms with van der Waals surface area (Å²) >= 11 is 0. The van der Waals surface area contributed by atoms with E-state index in [-0.39, 0.29) is 0 Å². The van der Waals surface area contributed by atoms with Crippen LogP contribution < -0.4 is 5.32 Å². The number of hydrogen-bond donors (Lipinski definition) is 1. The summed E-state index contributed by atoms with van der Waals surface area (Å²) in [4.78, 5) is 2.74. The molecule has 0 aromatic carbocycles. The minimum atomic E-state index is 0.789. The van der Waals surface area contributed by atoms with E-state index in [0.29, 0.717) is 0 Å². The number of nitrogens with one attached hydrogen (secondary N) is 1. The molecule has 1 aliphatic heterocycles. The first kappa shape index (κ1) is 15.0. The van der Waals surface area contributed by atoms with E-state index >= 15 is 0 Å². The zero-order valence-corrected chi connectivity index (χ0v) is 12.3. The molecular weight excluding hydrogens is 208 g/mol. The average Bonchev–Trinajstić information content (AvgIpc) is 2.79. The third-order valence-electron chi connectivity index (χ3n) is 4.05. The lowest BCUT2D eigenvalue weighted by atomic mass is 10.0. The van der Waals surface area contributed by atoms with Crippen molar-refractivity contribution in [2.24, 2.45) is 11.8 Å². The van der Waals surface area contributed by atoms with Crippen LogP contribution in [0.2, 0.25) is 0 Å². The Kier molecular flexibility index (Phi) is 7.14. The summed E-state index contributed by atoms with van der Waals surface area (Å²) in [6.07, 6.45) is 5.37. The minimum absolute atomic E-state index is 0.789. The lowest BCUT2D eigenvalue weighted by Crippen LogP contribution is -2.38. The number of rotatable bonds is 8. The maximum absolute atomic E-state index is 3.48. The number of hydrogen-bond acceptors (Lipinski definition) is 2. The van der Waals surface area contributed by atoms with Gasteiger partial charge in [0.05, 0.1) is 0 Å². The highest BCUT2D eigenvalue weighted by Gasteiger charge is 2.19. The van der Waals surface area contributed by atoms with Gasteiger partial charge >= 0.3 is 0 Å². The lowest BCUT2D eigenvalue weighted by molar-refractivity contribution is 0.156. The second kappa shape index (κ2) is 8.10. The summed E-state index contributed by atoms with van der Waals surface area (Å²) in [6, 6.07) is 0.798. The molecule has 1 atom stereocenters. The second-order valence-corrected chi connectivity index (χ2v) is 6.01. The normalized spacial score (nSPS) is 21.0. The topological polar surface area (TPSA) is 15.3 Å². The van der Waals surface area contributed by atoms with Crippen molar-refractivity contribution in [1.29, 1.82) is 0 Å². The van der Waals surface area contributed by atoms with Crippen LogP contribution in [-0.4, -0.2) is 37.1 Å². The zero-order chi connectivity index (χ0) is 12.7. The van der Waals surface area contributed by atoms with Crippen LogP contribution in [0.3, 0.4) is 0 Å². The molecule has 2 nitrogen and oxygen atoms in total. The Morgan fingerprint density at radius 3 is 2.41 bits per heavy atom. The highest BCUT2D eigenvalue weighted by atomic mass is 15.2. The van der Waals surface area contributed by atoms with E-state index in [9.17, 15) is 0 Å². The molecule has 0 saturated carbocycles. The number of nitrogens with zero attached hydrogens (tertiary/aromatic N) is 1. The summed E-state index contributed by atoms with van der Waals surface area (Å²) in [7, 11) is 0. The SMILES string of the molecule is CCC(CC)N(CCC1CCNC1)CC(C)C. The van der Waals surface area contributed by atoms with E-state index in [4.69, 9.17) is 0 Å². The third kappa shape index (κ3) is 5.39. The molecule has 1 heterocycles. The van der Waals surface area contributed by atoms with Crippen LogP contribution in [0.1, 0.15) is 53.4 Å². The van der Waals surface area contributed by atoms with Crippen molar-refractivity contribution in [3.63, 3.8) is 0 Å². The van der Waals surface area contributed by atoms with Gasteiger partial charge in [-0.15, -0.1) is 0 Å². The smallest absolute Gasteiger partial charge is 0.00901 e. The molecule has 0 radical (unpaired) electrons. The minimum Gasteiger partial charge on any atom is -0.316 e. The van der Waals surface area contributed by atoms with Gasteiger partial charge in [0.15, 0.2) is 0 Å².